The summed E-state index contributed by atoms with van der Waals surface area (Å²) in [5.41, 5.74) is 1.98. The Balaban J connectivity index is 1.84. The fourth-order valence-corrected chi connectivity index (χ4v) is 2.54. The van der Waals surface area contributed by atoms with E-state index in [1.807, 2.05) is 24.3 Å². The quantitative estimate of drug-likeness (QED) is 0.841. The molecule has 0 radical (unpaired) electrons. The molecular formula is C16H22N2O3. The molecule has 1 fully saturated rings. The summed E-state index contributed by atoms with van der Waals surface area (Å²) in [6.45, 7) is 3.99. The smallest absolute Gasteiger partial charge is 0.407 e. The number of aryl methyl sites for hydroxylation is 1. The summed E-state index contributed by atoms with van der Waals surface area (Å²) in [6.07, 6.45) is 1.40. The number of hydrogen-bond acceptors (Lipinski definition) is 4. The highest BCUT2D eigenvalue weighted by atomic mass is 16.5. The Morgan fingerprint density at radius 2 is 2.05 bits per heavy atom. The van der Waals surface area contributed by atoms with E-state index in [9.17, 15) is 9.59 Å². The number of methoxy groups -OCH3 is 1. The largest absolute Gasteiger partial charge is 0.453 e. The first-order chi connectivity index (χ1) is 10.1. The van der Waals surface area contributed by atoms with Crippen molar-refractivity contribution in [3.63, 3.8) is 0 Å². The van der Waals surface area contributed by atoms with Gasteiger partial charge in [0.15, 0.2) is 5.78 Å². The molecule has 2 rings (SSSR count). The third-order valence-electron chi connectivity index (χ3n) is 3.83. The van der Waals surface area contributed by atoms with Gasteiger partial charge in [0.1, 0.15) is 0 Å². The molecule has 5 heteroatoms. The molecule has 1 aromatic carbocycles. The third-order valence-corrected chi connectivity index (χ3v) is 3.83. The normalized spacial score (nSPS) is 18.5. The van der Waals surface area contributed by atoms with E-state index in [2.05, 4.69) is 21.9 Å². The molecule has 1 atom stereocenters. The molecular weight excluding hydrogens is 268 g/mol. The number of likely N-dealkylation sites (tertiary alicyclic amines) is 1. The van der Waals surface area contributed by atoms with Crippen molar-refractivity contribution in [3.8, 4) is 0 Å². The van der Waals surface area contributed by atoms with Crippen LogP contribution in [0.3, 0.4) is 0 Å². The number of carbonyl (C=O) groups excluding carboxylic acids is 2. The number of ether oxygens (including phenoxy) is 1. The highest BCUT2D eigenvalue weighted by molar-refractivity contribution is 5.97. The lowest BCUT2D eigenvalue weighted by Crippen LogP contribution is -2.37. The molecule has 0 spiro atoms. The van der Waals surface area contributed by atoms with E-state index in [1.165, 1.54) is 12.7 Å². The van der Waals surface area contributed by atoms with E-state index in [4.69, 9.17) is 0 Å². The van der Waals surface area contributed by atoms with E-state index in [0.29, 0.717) is 13.1 Å². The number of rotatable bonds is 5. The van der Waals surface area contributed by atoms with Crippen molar-refractivity contribution in [2.24, 2.45) is 0 Å². The van der Waals surface area contributed by atoms with Crippen LogP contribution < -0.4 is 5.32 Å². The highest BCUT2D eigenvalue weighted by Gasteiger charge is 2.25. The van der Waals surface area contributed by atoms with E-state index < -0.39 is 6.09 Å². The molecule has 0 aromatic heterocycles. The van der Waals surface area contributed by atoms with Crippen molar-refractivity contribution >= 4 is 11.9 Å². The molecule has 1 aliphatic rings. The summed E-state index contributed by atoms with van der Waals surface area (Å²) in [6, 6.07) is 7.84. The Morgan fingerprint density at radius 3 is 2.67 bits per heavy atom. The molecule has 5 nitrogen and oxygen atoms in total. The number of alkyl carbamates (subject to hydrolysis) is 1. The van der Waals surface area contributed by atoms with Gasteiger partial charge in [0.2, 0.25) is 0 Å². The number of Topliss-reactive ketones (excluding diaryl/α,β-unsaturated/α-hetero) is 1. The highest BCUT2D eigenvalue weighted by Crippen LogP contribution is 2.12. The minimum absolute atomic E-state index is 0.0627. The van der Waals surface area contributed by atoms with Crippen LogP contribution in [0.2, 0.25) is 0 Å². The number of amides is 1. The predicted octanol–water partition coefficient (Wildman–Crippen LogP) is 1.86. The van der Waals surface area contributed by atoms with Gasteiger partial charge in [-0.1, -0.05) is 31.2 Å². The molecule has 21 heavy (non-hydrogen) atoms. The number of benzene rings is 1. The Kier molecular flexibility index (Phi) is 5.33. The molecule has 1 amide bonds. The van der Waals surface area contributed by atoms with Crippen molar-refractivity contribution in [2.75, 3.05) is 26.7 Å². The second-order valence-electron chi connectivity index (χ2n) is 5.33. The standard InChI is InChI=1S/C16H22N2O3/c1-3-12-4-6-13(7-5-12)15(19)11-18-9-8-14(10-18)17-16(20)21-2/h4-7,14H,3,8-11H2,1-2H3,(H,17,20). The van der Waals surface area contributed by atoms with Crippen LogP contribution in [0, 0.1) is 0 Å². The second kappa shape index (κ2) is 7.22. The maximum absolute atomic E-state index is 12.2. The van der Waals surface area contributed by atoms with Crippen LogP contribution in [0.15, 0.2) is 24.3 Å². The monoisotopic (exact) mass is 290 g/mol. The molecule has 0 aliphatic carbocycles. The number of nitrogens with zero attached hydrogens (tertiary/aromatic N) is 1. The lowest BCUT2D eigenvalue weighted by atomic mass is 10.1. The average molecular weight is 290 g/mol. The fraction of sp³-hybridized carbons (Fsp3) is 0.500. The van der Waals surface area contributed by atoms with E-state index in [1.54, 1.807) is 0 Å². The van der Waals surface area contributed by atoms with Crippen molar-refractivity contribution in [1.29, 1.82) is 0 Å². The van der Waals surface area contributed by atoms with Gasteiger partial charge in [-0.25, -0.2) is 4.79 Å². The van der Waals surface area contributed by atoms with Gasteiger partial charge in [-0.05, 0) is 18.4 Å². The van der Waals surface area contributed by atoms with Gasteiger partial charge in [0.25, 0.3) is 0 Å². The number of ketones is 1. The first-order valence-corrected chi connectivity index (χ1v) is 7.31. The van der Waals surface area contributed by atoms with Crippen LogP contribution in [0.25, 0.3) is 0 Å². The zero-order chi connectivity index (χ0) is 15.2. The second-order valence-corrected chi connectivity index (χ2v) is 5.33. The van der Waals surface area contributed by atoms with Crippen molar-refractivity contribution < 1.29 is 14.3 Å². The van der Waals surface area contributed by atoms with Crippen molar-refractivity contribution in [3.05, 3.63) is 35.4 Å². The summed E-state index contributed by atoms with van der Waals surface area (Å²) in [4.78, 5) is 25.5. The minimum atomic E-state index is -0.414. The van der Waals surface area contributed by atoms with Crippen molar-refractivity contribution in [1.82, 2.24) is 10.2 Å². The molecule has 1 heterocycles. The maximum Gasteiger partial charge on any atom is 0.407 e. The fourth-order valence-electron chi connectivity index (χ4n) is 2.54. The molecule has 1 aromatic rings. The Morgan fingerprint density at radius 1 is 1.33 bits per heavy atom. The first-order valence-electron chi connectivity index (χ1n) is 7.31. The summed E-state index contributed by atoms with van der Waals surface area (Å²) >= 11 is 0. The van der Waals surface area contributed by atoms with Gasteiger partial charge in [-0.2, -0.15) is 0 Å². The Hall–Kier alpha value is -1.88. The van der Waals surface area contributed by atoms with Gasteiger partial charge in [-0.3, -0.25) is 9.69 Å². The van der Waals surface area contributed by atoms with Crippen molar-refractivity contribution in [2.45, 2.75) is 25.8 Å². The lowest BCUT2D eigenvalue weighted by Gasteiger charge is -2.15. The minimum Gasteiger partial charge on any atom is -0.453 e. The number of nitrogens with one attached hydrogen (secondary N) is 1. The zero-order valence-electron chi connectivity index (χ0n) is 12.6. The first kappa shape index (κ1) is 15.5. The third kappa shape index (κ3) is 4.29. The van der Waals surface area contributed by atoms with Gasteiger partial charge in [-0.15, -0.1) is 0 Å². The molecule has 1 aliphatic heterocycles. The molecule has 1 saturated heterocycles. The summed E-state index contributed by atoms with van der Waals surface area (Å²) < 4.78 is 4.58. The van der Waals surface area contributed by atoms with Gasteiger partial charge < -0.3 is 10.1 Å². The molecule has 0 saturated carbocycles. The van der Waals surface area contributed by atoms with Crippen LogP contribution in [0.1, 0.15) is 29.3 Å². The summed E-state index contributed by atoms with van der Waals surface area (Å²) in [7, 11) is 1.35. The average Bonchev–Trinajstić information content (AvgIpc) is 2.94. The van der Waals surface area contributed by atoms with Crippen LogP contribution >= 0.6 is 0 Å². The Labute approximate surface area is 125 Å². The molecule has 1 unspecified atom stereocenters. The van der Waals surface area contributed by atoms with E-state index >= 15 is 0 Å². The molecule has 114 valence electrons. The topological polar surface area (TPSA) is 58.6 Å². The summed E-state index contributed by atoms with van der Waals surface area (Å²) in [5.74, 6) is 0.122. The van der Waals surface area contributed by atoms with Gasteiger partial charge in [0.05, 0.1) is 13.7 Å². The predicted molar refractivity (Wildman–Crippen MR) is 80.5 cm³/mol. The maximum atomic E-state index is 12.2. The molecule has 0 bridgehead atoms. The number of hydrogen-bond donors (Lipinski definition) is 1. The van der Waals surface area contributed by atoms with Crippen LogP contribution in [-0.2, 0) is 11.2 Å². The van der Waals surface area contributed by atoms with E-state index in [-0.39, 0.29) is 11.8 Å². The Bertz CT molecular complexity index is 499. The SMILES string of the molecule is CCc1ccc(C(=O)CN2CCC(NC(=O)OC)C2)cc1. The van der Waals surface area contributed by atoms with Crippen LogP contribution in [-0.4, -0.2) is 49.6 Å². The lowest BCUT2D eigenvalue weighted by molar-refractivity contribution is 0.0944. The van der Waals surface area contributed by atoms with Gasteiger partial charge >= 0.3 is 6.09 Å². The molecule has 1 N–H and O–H groups in total. The van der Waals surface area contributed by atoms with E-state index in [0.717, 1.165) is 24.9 Å². The van der Waals surface area contributed by atoms with Crippen LogP contribution in [0.5, 0.6) is 0 Å². The van der Waals surface area contributed by atoms with Gasteiger partial charge in [0, 0.05) is 24.7 Å². The number of carbonyl (C=O) groups is 2. The zero-order valence-corrected chi connectivity index (χ0v) is 12.6. The van der Waals surface area contributed by atoms with Crippen LogP contribution in [0.4, 0.5) is 4.79 Å². The summed E-state index contributed by atoms with van der Waals surface area (Å²) in [5, 5.41) is 2.77.